The van der Waals surface area contributed by atoms with Gasteiger partial charge in [0.05, 0.1) is 0 Å². The summed E-state index contributed by atoms with van der Waals surface area (Å²) in [5, 5.41) is 0. The Labute approximate surface area is 81.8 Å². The van der Waals surface area contributed by atoms with Gasteiger partial charge in [-0.25, -0.2) is 0 Å². The Morgan fingerprint density at radius 3 is 2.09 bits per heavy atom. The summed E-state index contributed by atoms with van der Waals surface area (Å²) < 4.78 is 0. The van der Waals surface area contributed by atoms with Crippen LogP contribution in [0.2, 0.25) is 0 Å². The zero-order chi connectivity index (χ0) is 7.98. The van der Waals surface area contributed by atoms with Gasteiger partial charge in [-0.3, -0.25) is 4.79 Å². The number of rotatable bonds is 5. The van der Waals surface area contributed by atoms with Gasteiger partial charge in [-0.1, -0.05) is 27.2 Å². The average Bonchev–Trinajstić information content (AvgIpc) is 1.99. The fourth-order valence-electron chi connectivity index (χ4n) is 1.23. The molecule has 1 unspecified atom stereocenters. The van der Waals surface area contributed by atoms with Crippen LogP contribution in [0.15, 0.2) is 0 Å². The third kappa shape index (κ3) is 5.52. The van der Waals surface area contributed by atoms with E-state index in [9.17, 15) is 4.79 Å². The Morgan fingerprint density at radius 1 is 1.27 bits per heavy atom. The summed E-state index contributed by atoms with van der Waals surface area (Å²) in [6.07, 6.45) is 3.92. The molecule has 0 N–H and O–H groups in total. The number of ketones is 1. The SMILES string of the molecule is CCCC(CC)C(=O)CC.[V]. The quantitative estimate of drug-likeness (QED) is 0.656. The van der Waals surface area contributed by atoms with Gasteiger partial charge in [-0.2, -0.15) is 0 Å². The van der Waals surface area contributed by atoms with Crippen molar-refractivity contribution < 1.29 is 23.4 Å². The largest absolute Gasteiger partial charge is 0.299 e. The van der Waals surface area contributed by atoms with Gasteiger partial charge in [0.15, 0.2) is 0 Å². The molecule has 1 nitrogen and oxygen atoms in total. The maximum absolute atomic E-state index is 11.1. The van der Waals surface area contributed by atoms with Crippen molar-refractivity contribution in [3.8, 4) is 0 Å². The van der Waals surface area contributed by atoms with Gasteiger partial charge in [0.25, 0.3) is 0 Å². The minimum absolute atomic E-state index is 0. The van der Waals surface area contributed by atoms with Crippen molar-refractivity contribution in [1.82, 2.24) is 0 Å². The van der Waals surface area contributed by atoms with Gasteiger partial charge < -0.3 is 0 Å². The van der Waals surface area contributed by atoms with Gasteiger partial charge in [0.1, 0.15) is 5.78 Å². The van der Waals surface area contributed by atoms with E-state index in [2.05, 4.69) is 13.8 Å². The van der Waals surface area contributed by atoms with Crippen LogP contribution in [-0.4, -0.2) is 5.78 Å². The predicted molar refractivity (Wildman–Crippen MR) is 44.0 cm³/mol. The van der Waals surface area contributed by atoms with Gasteiger partial charge in [-0.15, -0.1) is 0 Å². The van der Waals surface area contributed by atoms with Crippen molar-refractivity contribution in [3.63, 3.8) is 0 Å². The number of carbonyl (C=O) groups is 1. The summed E-state index contributed by atoms with van der Waals surface area (Å²) in [6, 6.07) is 0. The summed E-state index contributed by atoms with van der Waals surface area (Å²) in [5.41, 5.74) is 0. The first-order valence-electron chi connectivity index (χ1n) is 4.28. The monoisotopic (exact) mass is 193 g/mol. The number of hydrogen-bond donors (Lipinski definition) is 0. The number of carbonyl (C=O) groups excluding carboxylic acids is 1. The Morgan fingerprint density at radius 2 is 1.82 bits per heavy atom. The number of Topliss-reactive ketones (excluding diaryl/α,β-unsaturated/α-hetero) is 1. The predicted octanol–water partition coefficient (Wildman–Crippen LogP) is 2.79. The third-order valence-electron chi connectivity index (χ3n) is 1.93. The minimum atomic E-state index is 0. The van der Waals surface area contributed by atoms with Gasteiger partial charge in [-0.05, 0) is 12.8 Å². The van der Waals surface area contributed by atoms with Crippen LogP contribution in [0.25, 0.3) is 0 Å². The summed E-state index contributed by atoms with van der Waals surface area (Å²) in [7, 11) is 0. The first kappa shape index (κ1) is 13.8. The van der Waals surface area contributed by atoms with Crippen LogP contribution in [-0.2, 0) is 23.4 Å². The van der Waals surface area contributed by atoms with Crippen LogP contribution in [0, 0.1) is 5.92 Å². The molecule has 0 aliphatic heterocycles. The normalized spacial score (nSPS) is 11.9. The van der Waals surface area contributed by atoms with E-state index in [1.807, 2.05) is 6.92 Å². The van der Waals surface area contributed by atoms with Crippen LogP contribution < -0.4 is 0 Å². The minimum Gasteiger partial charge on any atom is -0.299 e. The molecule has 0 aliphatic carbocycles. The Hall–Kier alpha value is 0.254. The van der Waals surface area contributed by atoms with E-state index in [0.29, 0.717) is 18.1 Å². The van der Waals surface area contributed by atoms with Crippen molar-refractivity contribution in [1.29, 1.82) is 0 Å². The maximum Gasteiger partial charge on any atom is 0.135 e. The zero-order valence-electron chi connectivity index (χ0n) is 7.76. The summed E-state index contributed by atoms with van der Waals surface area (Å²) in [5.74, 6) is 0.777. The molecule has 11 heavy (non-hydrogen) atoms. The molecule has 65 valence electrons. The van der Waals surface area contributed by atoms with E-state index in [0.717, 1.165) is 19.3 Å². The molecule has 0 rings (SSSR count). The number of hydrogen-bond acceptors (Lipinski definition) is 1. The molecule has 0 saturated carbocycles. The molecule has 2 heteroatoms. The van der Waals surface area contributed by atoms with E-state index < -0.39 is 0 Å². The van der Waals surface area contributed by atoms with Gasteiger partial charge in [0.2, 0.25) is 0 Å². The Kier molecular flexibility index (Phi) is 10.5. The molecule has 0 bridgehead atoms. The van der Waals surface area contributed by atoms with Crippen LogP contribution in [0.3, 0.4) is 0 Å². The molecule has 0 aliphatic rings. The summed E-state index contributed by atoms with van der Waals surface area (Å²) >= 11 is 0. The average molecular weight is 193 g/mol. The molecule has 0 aromatic carbocycles. The molecule has 0 aromatic heterocycles. The summed E-state index contributed by atoms with van der Waals surface area (Å²) in [6.45, 7) is 6.17. The molecule has 0 heterocycles. The summed E-state index contributed by atoms with van der Waals surface area (Å²) in [4.78, 5) is 11.1. The van der Waals surface area contributed by atoms with Crippen LogP contribution in [0.4, 0.5) is 0 Å². The van der Waals surface area contributed by atoms with Crippen LogP contribution >= 0.6 is 0 Å². The van der Waals surface area contributed by atoms with E-state index in [-0.39, 0.29) is 18.6 Å². The van der Waals surface area contributed by atoms with Crippen molar-refractivity contribution in [3.05, 3.63) is 0 Å². The third-order valence-corrected chi connectivity index (χ3v) is 1.93. The van der Waals surface area contributed by atoms with E-state index >= 15 is 0 Å². The van der Waals surface area contributed by atoms with E-state index in [1.54, 1.807) is 0 Å². The molecule has 0 amide bonds. The second kappa shape index (κ2) is 8.35. The van der Waals surface area contributed by atoms with Crippen molar-refractivity contribution in [2.75, 3.05) is 0 Å². The fourth-order valence-corrected chi connectivity index (χ4v) is 1.23. The maximum atomic E-state index is 11.1. The van der Waals surface area contributed by atoms with Crippen LogP contribution in [0.1, 0.15) is 46.5 Å². The molecule has 0 fully saturated rings. The van der Waals surface area contributed by atoms with Crippen molar-refractivity contribution in [2.24, 2.45) is 5.92 Å². The Balaban J connectivity index is 0. The molecular weight excluding hydrogens is 175 g/mol. The molecule has 1 radical (unpaired) electrons. The van der Waals surface area contributed by atoms with Gasteiger partial charge in [0, 0.05) is 30.9 Å². The molecule has 1 atom stereocenters. The second-order valence-electron chi connectivity index (χ2n) is 2.71. The first-order chi connectivity index (χ1) is 4.76. The first-order valence-corrected chi connectivity index (χ1v) is 4.28. The van der Waals surface area contributed by atoms with E-state index in [4.69, 9.17) is 0 Å². The van der Waals surface area contributed by atoms with Crippen molar-refractivity contribution in [2.45, 2.75) is 46.5 Å². The van der Waals surface area contributed by atoms with E-state index in [1.165, 1.54) is 0 Å². The molecule has 0 spiro atoms. The molecular formula is C9H18OV. The van der Waals surface area contributed by atoms with Crippen molar-refractivity contribution >= 4 is 5.78 Å². The second-order valence-corrected chi connectivity index (χ2v) is 2.71. The molecule has 0 aromatic rings. The fraction of sp³-hybridized carbons (Fsp3) is 0.889. The van der Waals surface area contributed by atoms with Gasteiger partial charge >= 0.3 is 0 Å². The zero-order valence-corrected chi connectivity index (χ0v) is 9.16. The molecule has 0 saturated heterocycles. The topological polar surface area (TPSA) is 17.1 Å². The smallest absolute Gasteiger partial charge is 0.135 e. The Bertz CT molecular complexity index is 102. The van der Waals surface area contributed by atoms with Crippen LogP contribution in [0.5, 0.6) is 0 Å². The standard InChI is InChI=1S/C9H18O.V/c1-4-7-8(5-2)9(10)6-3;/h8H,4-7H2,1-3H3;.